The van der Waals surface area contributed by atoms with E-state index in [0.717, 1.165) is 64.5 Å². The van der Waals surface area contributed by atoms with Gasteiger partial charge >= 0.3 is 6.03 Å². The molecule has 2 amide bonds. The summed E-state index contributed by atoms with van der Waals surface area (Å²) in [4.78, 5) is 21.9. The summed E-state index contributed by atoms with van der Waals surface area (Å²) in [5, 5.41) is 11.9. The second kappa shape index (κ2) is 7.89. The lowest BCUT2D eigenvalue weighted by Gasteiger charge is -2.34. The van der Waals surface area contributed by atoms with E-state index in [9.17, 15) is 4.79 Å². The molecule has 1 atom stereocenters. The largest absolute Gasteiger partial charge is 0.322 e. The molecular formula is C25H30N6O. The fourth-order valence-corrected chi connectivity index (χ4v) is 5.80. The highest BCUT2D eigenvalue weighted by molar-refractivity contribution is 6.00. The van der Waals surface area contributed by atoms with Crippen molar-refractivity contribution in [3.05, 3.63) is 41.7 Å². The lowest BCUT2D eigenvalue weighted by atomic mass is 10.0. The predicted octanol–water partition coefficient (Wildman–Crippen LogP) is 4.55. The van der Waals surface area contributed by atoms with Crippen molar-refractivity contribution in [1.82, 2.24) is 25.0 Å². The average Bonchev–Trinajstić information content (AvgIpc) is 3.53. The standard InChI is InChI=1S/C25H30N6O/c1-16-10-18(6-8-26-16)24-21-11-19-14-31(25(32)27-22(19)12-23(21)28-29-24)20-7-9-30(15-20)13-17-4-2-3-5-17/h6,8,10-12,17,20H,2-5,7,9,13-15H2,1H3,(H,27,32)(H,28,29)/t20-/m1/s1. The molecule has 2 N–H and O–H groups in total. The number of rotatable bonds is 4. The van der Waals surface area contributed by atoms with Crippen molar-refractivity contribution >= 4 is 22.6 Å². The number of nitrogens with zero attached hydrogens (tertiary/aromatic N) is 4. The third kappa shape index (κ3) is 3.54. The Kier molecular flexibility index (Phi) is 4.86. The Morgan fingerprint density at radius 1 is 1.16 bits per heavy atom. The van der Waals surface area contributed by atoms with Gasteiger partial charge in [-0.15, -0.1) is 0 Å². The van der Waals surface area contributed by atoms with Crippen LogP contribution in [0.1, 0.15) is 43.4 Å². The number of nitrogens with one attached hydrogen (secondary N) is 2. The highest BCUT2D eigenvalue weighted by Crippen LogP contribution is 2.35. The van der Waals surface area contributed by atoms with Gasteiger partial charge in [-0.05, 0) is 61.9 Å². The number of carbonyl (C=O) groups excluding carboxylic acids is 1. The van der Waals surface area contributed by atoms with Crippen molar-refractivity contribution in [2.24, 2.45) is 5.92 Å². The molecule has 1 saturated carbocycles. The number of aryl methyl sites for hydroxylation is 1. The van der Waals surface area contributed by atoms with Gasteiger partial charge in [0.25, 0.3) is 0 Å². The highest BCUT2D eigenvalue weighted by Gasteiger charge is 2.35. The minimum absolute atomic E-state index is 0.0223. The molecule has 4 heterocycles. The Bertz CT molecular complexity index is 1160. The normalized spacial score (nSPS) is 22.0. The van der Waals surface area contributed by atoms with Crippen molar-refractivity contribution in [3.63, 3.8) is 0 Å². The van der Waals surface area contributed by atoms with Crippen LogP contribution in [0.4, 0.5) is 10.5 Å². The van der Waals surface area contributed by atoms with Crippen LogP contribution in [-0.2, 0) is 6.54 Å². The van der Waals surface area contributed by atoms with Crippen molar-refractivity contribution in [3.8, 4) is 11.3 Å². The molecule has 0 spiro atoms. The Balaban J connectivity index is 1.24. The molecule has 3 aliphatic rings. The summed E-state index contributed by atoms with van der Waals surface area (Å²) in [6, 6.07) is 8.57. The molecule has 32 heavy (non-hydrogen) atoms. The number of urea groups is 1. The van der Waals surface area contributed by atoms with E-state index in [1.165, 1.54) is 32.2 Å². The molecule has 1 saturated heterocycles. The van der Waals surface area contributed by atoms with Crippen LogP contribution >= 0.6 is 0 Å². The molecule has 2 aliphatic heterocycles. The molecule has 3 aromatic rings. The van der Waals surface area contributed by atoms with E-state index in [0.29, 0.717) is 6.54 Å². The summed E-state index contributed by atoms with van der Waals surface area (Å²) in [5.41, 5.74) is 5.93. The minimum atomic E-state index is 0.0223. The van der Waals surface area contributed by atoms with E-state index < -0.39 is 0 Å². The van der Waals surface area contributed by atoms with Gasteiger partial charge in [-0.25, -0.2) is 4.79 Å². The highest BCUT2D eigenvalue weighted by atomic mass is 16.2. The number of likely N-dealkylation sites (tertiary alicyclic amines) is 1. The first kappa shape index (κ1) is 19.7. The molecule has 0 radical (unpaired) electrons. The Labute approximate surface area is 188 Å². The van der Waals surface area contributed by atoms with Crippen LogP contribution < -0.4 is 5.32 Å². The van der Waals surface area contributed by atoms with Crippen molar-refractivity contribution < 1.29 is 4.79 Å². The van der Waals surface area contributed by atoms with Crippen molar-refractivity contribution in [1.29, 1.82) is 0 Å². The van der Waals surface area contributed by atoms with Gasteiger partial charge in [-0.2, -0.15) is 5.10 Å². The van der Waals surface area contributed by atoms with Crippen LogP contribution in [-0.4, -0.2) is 56.7 Å². The van der Waals surface area contributed by atoms with E-state index in [-0.39, 0.29) is 12.1 Å². The molecule has 0 unspecified atom stereocenters. The number of H-pyrrole nitrogens is 1. The lowest BCUT2D eigenvalue weighted by Crippen LogP contribution is -2.46. The van der Waals surface area contributed by atoms with Crippen LogP contribution in [0.3, 0.4) is 0 Å². The number of amides is 2. The first-order valence-corrected chi connectivity index (χ1v) is 11.9. The zero-order valence-electron chi connectivity index (χ0n) is 18.6. The molecule has 6 rings (SSSR count). The topological polar surface area (TPSA) is 77.2 Å². The first-order valence-electron chi connectivity index (χ1n) is 11.9. The quantitative estimate of drug-likeness (QED) is 0.637. The summed E-state index contributed by atoms with van der Waals surface area (Å²) in [7, 11) is 0. The smallest absolute Gasteiger partial charge is 0.316 e. The summed E-state index contributed by atoms with van der Waals surface area (Å²) in [6.07, 6.45) is 8.40. The number of hydrogen-bond acceptors (Lipinski definition) is 4. The molecule has 1 aromatic carbocycles. The van der Waals surface area contributed by atoms with E-state index in [2.05, 4.69) is 37.5 Å². The zero-order valence-corrected chi connectivity index (χ0v) is 18.6. The summed E-state index contributed by atoms with van der Waals surface area (Å²) >= 11 is 0. The first-order chi connectivity index (χ1) is 15.6. The maximum atomic E-state index is 13.0. The van der Waals surface area contributed by atoms with Gasteiger partial charge in [0.2, 0.25) is 0 Å². The van der Waals surface area contributed by atoms with Crippen molar-refractivity contribution in [2.75, 3.05) is 25.0 Å². The molecule has 2 aromatic heterocycles. The summed E-state index contributed by atoms with van der Waals surface area (Å²) < 4.78 is 0. The number of aromatic amines is 1. The third-order valence-corrected chi connectivity index (χ3v) is 7.48. The summed E-state index contributed by atoms with van der Waals surface area (Å²) in [5.74, 6) is 0.856. The number of pyridine rings is 1. The van der Waals surface area contributed by atoms with Crippen molar-refractivity contribution in [2.45, 2.75) is 51.6 Å². The Morgan fingerprint density at radius 2 is 2.03 bits per heavy atom. The average molecular weight is 431 g/mol. The minimum Gasteiger partial charge on any atom is -0.316 e. The second-order valence-corrected chi connectivity index (χ2v) is 9.72. The van der Waals surface area contributed by atoms with Gasteiger partial charge in [0, 0.05) is 60.7 Å². The maximum absolute atomic E-state index is 13.0. The monoisotopic (exact) mass is 430 g/mol. The van der Waals surface area contributed by atoms with Gasteiger partial charge in [0.05, 0.1) is 5.52 Å². The number of fused-ring (bicyclic) bond motifs is 2. The van der Waals surface area contributed by atoms with Gasteiger partial charge in [-0.3, -0.25) is 10.1 Å². The number of hydrogen-bond donors (Lipinski definition) is 2. The molecule has 166 valence electrons. The number of carbonyl (C=O) groups is 1. The van der Waals surface area contributed by atoms with Gasteiger partial charge < -0.3 is 15.1 Å². The van der Waals surface area contributed by atoms with Crippen LogP contribution in [0.25, 0.3) is 22.2 Å². The van der Waals surface area contributed by atoms with Crippen LogP contribution in [0.5, 0.6) is 0 Å². The van der Waals surface area contributed by atoms with Gasteiger partial charge in [0.1, 0.15) is 5.69 Å². The Morgan fingerprint density at radius 3 is 2.88 bits per heavy atom. The van der Waals surface area contributed by atoms with E-state index in [1.807, 2.05) is 30.2 Å². The van der Waals surface area contributed by atoms with E-state index >= 15 is 0 Å². The van der Waals surface area contributed by atoms with Crippen LogP contribution in [0.15, 0.2) is 30.5 Å². The maximum Gasteiger partial charge on any atom is 0.322 e. The Hall–Kier alpha value is -2.93. The van der Waals surface area contributed by atoms with E-state index in [4.69, 9.17) is 0 Å². The molecule has 2 fully saturated rings. The number of aromatic nitrogens is 3. The fraction of sp³-hybridized carbons (Fsp3) is 0.480. The molecular weight excluding hydrogens is 400 g/mol. The molecule has 7 heteroatoms. The second-order valence-electron chi connectivity index (χ2n) is 9.72. The fourth-order valence-electron chi connectivity index (χ4n) is 5.80. The number of benzene rings is 1. The third-order valence-electron chi connectivity index (χ3n) is 7.48. The van der Waals surface area contributed by atoms with Crippen LogP contribution in [0.2, 0.25) is 0 Å². The molecule has 1 aliphatic carbocycles. The van der Waals surface area contributed by atoms with Gasteiger partial charge in [-0.1, -0.05) is 12.8 Å². The SMILES string of the molecule is Cc1cc(-c2n[nH]c3cc4c(cc23)CN([C@@H]2CCN(CC3CCCC3)C2)C(=O)N4)ccn1. The zero-order chi connectivity index (χ0) is 21.7. The van der Waals surface area contributed by atoms with Crippen LogP contribution in [0, 0.1) is 12.8 Å². The predicted molar refractivity (Wildman–Crippen MR) is 125 cm³/mol. The number of anilines is 1. The molecule has 7 nitrogen and oxygen atoms in total. The van der Waals surface area contributed by atoms with Gasteiger partial charge in [0.15, 0.2) is 0 Å². The molecule has 0 bridgehead atoms. The van der Waals surface area contributed by atoms with E-state index in [1.54, 1.807) is 0 Å². The lowest BCUT2D eigenvalue weighted by molar-refractivity contribution is 0.177. The summed E-state index contributed by atoms with van der Waals surface area (Å²) in [6.45, 7) is 5.94.